The van der Waals surface area contributed by atoms with Crippen LogP contribution in [0, 0.1) is 0 Å². The first-order chi connectivity index (χ1) is 14.4. The van der Waals surface area contributed by atoms with Crippen LogP contribution in [0.25, 0.3) is 0 Å². The zero-order chi connectivity index (χ0) is 21.1. The number of aliphatic hydroxyl groups excluding tert-OH is 1. The summed E-state index contributed by atoms with van der Waals surface area (Å²) < 4.78 is 39.9. The van der Waals surface area contributed by atoms with E-state index >= 15 is 0 Å². The number of piperazine rings is 1. The van der Waals surface area contributed by atoms with Crippen molar-refractivity contribution < 1.29 is 18.3 Å². The molecule has 2 aliphatic rings. The number of alkyl halides is 3. The van der Waals surface area contributed by atoms with Crippen LogP contribution in [-0.4, -0.2) is 49.0 Å². The van der Waals surface area contributed by atoms with Crippen molar-refractivity contribution in [3.05, 3.63) is 48.0 Å². The van der Waals surface area contributed by atoms with Gasteiger partial charge in [-0.05, 0) is 49.6 Å². The van der Waals surface area contributed by atoms with Crippen LogP contribution in [0.3, 0.4) is 0 Å². The molecule has 2 heterocycles. The lowest BCUT2D eigenvalue weighted by molar-refractivity contribution is -0.137. The van der Waals surface area contributed by atoms with E-state index in [1.807, 2.05) is 29.2 Å². The fourth-order valence-corrected chi connectivity index (χ4v) is 5.08. The van der Waals surface area contributed by atoms with Gasteiger partial charge in [0.1, 0.15) is 6.23 Å². The quantitative estimate of drug-likeness (QED) is 0.641. The molecule has 0 saturated carbocycles. The van der Waals surface area contributed by atoms with Gasteiger partial charge in [-0.2, -0.15) is 13.2 Å². The summed E-state index contributed by atoms with van der Waals surface area (Å²) >= 11 is 1.51. The number of benzene rings is 2. The first-order valence-corrected chi connectivity index (χ1v) is 11.1. The molecule has 0 radical (unpaired) electrons. The van der Waals surface area contributed by atoms with E-state index < -0.39 is 18.0 Å². The molecule has 1 fully saturated rings. The van der Waals surface area contributed by atoms with Gasteiger partial charge in [0, 0.05) is 42.5 Å². The van der Waals surface area contributed by atoms with Gasteiger partial charge < -0.3 is 15.3 Å². The van der Waals surface area contributed by atoms with Crippen LogP contribution in [0.4, 0.5) is 24.5 Å². The number of para-hydroxylation sites is 1. The molecule has 8 heteroatoms. The number of fused-ring (bicyclic) bond motifs is 2. The van der Waals surface area contributed by atoms with Crippen LogP contribution in [0.2, 0.25) is 0 Å². The zero-order valence-electron chi connectivity index (χ0n) is 16.7. The second-order valence-electron chi connectivity index (χ2n) is 7.66. The minimum atomic E-state index is -4.37. The maximum atomic E-state index is 13.3. The van der Waals surface area contributed by atoms with Crippen LogP contribution in [-0.2, 0) is 6.18 Å². The Morgan fingerprint density at radius 3 is 2.50 bits per heavy atom. The van der Waals surface area contributed by atoms with Gasteiger partial charge in [0.15, 0.2) is 0 Å². The normalized spacial score (nSPS) is 18.1. The number of unbranched alkanes of at least 4 members (excludes halogenated alkanes) is 1. The summed E-state index contributed by atoms with van der Waals surface area (Å²) in [6, 6.07) is 11.8. The molecule has 2 aromatic rings. The van der Waals surface area contributed by atoms with E-state index in [4.69, 9.17) is 0 Å². The number of hydrogen-bond acceptors (Lipinski definition) is 5. The van der Waals surface area contributed by atoms with Gasteiger partial charge in [0.05, 0.1) is 16.9 Å². The molecule has 0 amide bonds. The number of hydrogen-bond donors (Lipinski definition) is 2. The van der Waals surface area contributed by atoms with Crippen molar-refractivity contribution in [3.63, 3.8) is 0 Å². The van der Waals surface area contributed by atoms with Crippen LogP contribution in [0.5, 0.6) is 0 Å². The second-order valence-corrected chi connectivity index (χ2v) is 8.75. The lowest BCUT2D eigenvalue weighted by atomic mass is 10.1. The Morgan fingerprint density at radius 1 is 1.00 bits per heavy atom. The minimum absolute atomic E-state index is 0.458. The molecule has 2 aliphatic heterocycles. The van der Waals surface area contributed by atoms with Crippen molar-refractivity contribution in [2.75, 3.05) is 37.6 Å². The fraction of sp³-hybridized carbons (Fsp3) is 0.455. The summed E-state index contributed by atoms with van der Waals surface area (Å²) in [7, 11) is 0. The Morgan fingerprint density at radius 2 is 1.73 bits per heavy atom. The SMILES string of the molecule is OC(CCCCN1c2ccccc2Sc2ccc(C(F)(F)F)cc21)N1CCNCC1. The number of rotatable bonds is 6. The largest absolute Gasteiger partial charge is 0.416 e. The van der Waals surface area contributed by atoms with Crippen molar-refractivity contribution >= 4 is 23.1 Å². The van der Waals surface area contributed by atoms with Gasteiger partial charge in [-0.15, -0.1) is 0 Å². The van der Waals surface area contributed by atoms with E-state index in [2.05, 4.69) is 10.2 Å². The summed E-state index contributed by atoms with van der Waals surface area (Å²) in [6.45, 7) is 4.06. The highest BCUT2D eigenvalue weighted by Crippen LogP contribution is 2.49. The molecular formula is C22H26F3N3OS. The highest BCUT2D eigenvalue weighted by Gasteiger charge is 2.33. The Kier molecular flexibility index (Phi) is 6.57. The Balaban J connectivity index is 1.46. The number of aliphatic hydroxyl groups is 1. The smallest absolute Gasteiger partial charge is 0.378 e. The van der Waals surface area contributed by atoms with Crippen molar-refractivity contribution in [1.82, 2.24) is 10.2 Å². The van der Waals surface area contributed by atoms with Crippen molar-refractivity contribution in [3.8, 4) is 0 Å². The first-order valence-electron chi connectivity index (χ1n) is 10.3. The number of anilines is 2. The molecule has 4 rings (SSSR count). The third-order valence-electron chi connectivity index (χ3n) is 5.62. The molecule has 30 heavy (non-hydrogen) atoms. The fourth-order valence-electron chi connectivity index (χ4n) is 4.01. The predicted octanol–water partition coefficient (Wildman–Crippen LogP) is 4.70. The van der Waals surface area contributed by atoms with Gasteiger partial charge in [-0.1, -0.05) is 23.9 Å². The molecule has 1 unspecified atom stereocenters. The van der Waals surface area contributed by atoms with Crippen molar-refractivity contribution in [2.24, 2.45) is 0 Å². The highest BCUT2D eigenvalue weighted by atomic mass is 32.2. The average Bonchev–Trinajstić information content (AvgIpc) is 2.75. The average molecular weight is 438 g/mol. The highest BCUT2D eigenvalue weighted by molar-refractivity contribution is 7.99. The molecule has 4 nitrogen and oxygen atoms in total. The summed E-state index contributed by atoms with van der Waals surface area (Å²) in [6.07, 6.45) is -2.56. The number of nitrogens with one attached hydrogen (secondary N) is 1. The maximum Gasteiger partial charge on any atom is 0.416 e. The molecule has 1 saturated heterocycles. The molecule has 2 aromatic carbocycles. The maximum absolute atomic E-state index is 13.3. The van der Waals surface area contributed by atoms with E-state index in [-0.39, 0.29) is 0 Å². The van der Waals surface area contributed by atoms with Gasteiger partial charge in [0.25, 0.3) is 0 Å². The molecule has 1 atom stereocenters. The van der Waals surface area contributed by atoms with Crippen molar-refractivity contribution in [2.45, 2.75) is 41.5 Å². The third-order valence-corrected chi connectivity index (χ3v) is 6.75. The molecular weight excluding hydrogens is 411 g/mol. The third kappa shape index (κ3) is 4.77. The summed E-state index contributed by atoms with van der Waals surface area (Å²) in [5.74, 6) is 0. The van der Waals surface area contributed by atoms with Crippen molar-refractivity contribution in [1.29, 1.82) is 0 Å². The number of halogens is 3. The molecule has 0 aromatic heterocycles. The van der Waals surface area contributed by atoms with Crippen LogP contribution in [0.1, 0.15) is 24.8 Å². The monoisotopic (exact) mass is 437 g/mol. The minimum Gasteiger partial charge on any atom is -0.378 e. The lowest BCUT2D eigenvalue weighted by Gasteiger charge is -2.34. The van der Waals surface area contributed by atoms with Gasteiger partial charge >= 0.3 is 6.18 Å². The van der Waals surface area contributed by atoms with E-state index in [0.29, 0.717) is 18.7 Å². The Bertz CT molecular complexity index is 871. The van der Waals surface area contributed by atoms with E-state index in [1.54, 1.807) is 6.07 Å². The summed E-state index contributed by atoms with van der Waals surface area (Å²) in [4.78, 5) is 5.95. The topological polar surface area (TPSA) is 38.7 Å². The molecule has 0 aliphatic carbocycles. The molecule has 0 spiro atoms. The van der Waals surface area contributed by atoms with Gasteiger partial charge in [0.2, 0.25) is 0 Å². The summed E-state index contributed by atoms with van der Waals surface area (Å²) in [5.41, 5.74) is 0.925. The molecule has 162 valence electrons. The predicted molar refractivity (Wildman–Crippen MR) is 113 cm³/mol. The molecule has 0 bridgehead atoms. The van der Waals surface area contributed by atoms with E-state index in [9.17, 15) is 18.3 Å². The van der Waals surface area contributed by atoms with E-state index in [0.717, 1.165) is 60.6 Å². The van der Waals surface area contributed by atoms with E-state index in [1.165, 1.54) is 17.8 Å². The van der Waals surface area contributed by atoms with Crippen LogP contribution < -0.4 is 10.2 Å². The second kappa shape index (κ2) is 9.18. The van der Waals surface area contributed by atoms with Gasteiger partial charge in [-0.25, -0.2) is 0 Å². The lowest BCUT2D eigenvalue weighted by Crippen LogP contribution is -2.48. The number of nitrogens with zero attached hydrogens (tertiary/aromatic N) is 2. The van der Waals surface area contributed by atoms with Gasteiger partial charge in [-0.3, -0.25) is 4.90 Å². The summed E-state index contributed by atoms with van der Waals surface area (Å²) in [5, 5.41) is 13.7. The zero-order valence-corrected chi connectivity index (χ0v) is 17.5. The Hall–Kier alpha value is -1.74. The first kappa shape index (κ1) is 21.5. The van der Waals surface area contributed by atoms with Crippen LogP contribution >= 0.6 is 11.8 Å². The molecule has 2 N–H and O–H groups in total. The standard InChI is InChI=1S/C22H26F3N3OS/c23-22(24,25)16-8-9-20-18(15-16)28(17-5-1-2-6-19(17)30-20)12-4-3-7-21(29)27-13-10-26-11-14-27/h1-2,5-6,8-9,15,21,26,29H,3-4,7,10-14H2. The van der Waals surface area contributed by atoms with Crippen LogP contribution in [0.15, 0.2) is 52.3 Å². The Labute approximate surface area is 179 Å².